The summed E-state index contributed by atoms with van der Waals surface area (Å²) in [4.78, 5) is 0. The van der Waals surface area contributed by atoms with Gasteiger partial charge in [-0.05, 0) is 24.0 Å². The molecule has 1 aromatic carbocycles. The molecule has 2 heteroatoms. The van der Waals surface area contributed by atoms with Crippen molar-refractivity contribution in [3.63, 3.8) is 0 Å². The topological polar surface area (TPSA) is 38.0 Å². The molecule has 0 radical (unpaired) electrons. The predicted octanol–water partition coefficient (Wildman–Crippen LogP) is 2.49. The van der Waals surface area contributed by atoms with E-state index in [1.54, 1.807) is 0 Å². The molecule has 0 aliphatic rings. The molecule has 2 nitrogen and oxygen atoms in total. The Bertz CT molecular complexity index is 245. The van der Waals surface area contributed by atoms with Crippen LogP contribution >= 0.6 is 0 Å². The number of para-hydroxylation sites is 1. The molecule has 0 saturated carbocycles. The zero-order valence-electron chi connectivity index (χ0n) is 7.67. The van der Waals surface area contributed by atoms with Gasteiger partial charge in [0, 0.05) is 0 Å². The van der Waals surface area contributed by atoms with Crippen LogP contribution in [0, 0.1) is 0 Å². The first-order valence-electron chi connectivity index (χ1n) is 4.35. The number of hydrogen-bond donors (Lipinski definition) is 2. The SMILES string of the molecule is CC[C@@H](C)c1ccccc1NN. The average molecular weight is 164 g/mol. The van der Waals surface area contributed by atoms with Crippen molar-refractivity contribution in [2.75, 3.05) is 5.43 Å². The number of anilines is 1. The minimum Gasteiger partial charge on any atom is -0.324 e. The molecule has 1 aromatic rings. The Morgan fingerprint density at radius 3 is 2.67 bits per heavy atom. The standard InChI is InChI=1S/C10H16N2/c1-3-8(2)9-6-4-5-7-10(9)12-11/h4-8,12H,3,11H2,1-2H3/t8-/m1/s1. The van der Waals surface area contributed by atoms with E-state index >= 15 is 0 Å². The third kappa shape index (κ3) is 1.77. The lowest BCUT2D eigenvalue weighted by Crippen LogP contribution is -2.10. The van der Waals surface area contributed by atoms with Crippen LogP contribution in [0.25, 0.3) is 0 Å². The van der Waals surface area contributed by atoms with Crippen LogP contribution in [0.3, 0.4) is 0 Å². The lowest BCUT2D eigenvalue weighted by atomic mass is 9.97. The Labute approximate surface area is 73.8 Å². The first-order valence-corrected chi connectivity index (χ1v) is 4.35. The van der Waals surface area contributed by atoms with Gasteiger partial charge in [0.1, 0.15) is 0 Å². The van der Waals surface area contributed by atoms with Gasteiger partial charge in [-0.25, -0.2) is 0 Å². The van der Waals surface area contributed by atoms with Gasteiger partial charge in [0.2, 0.25) is 0 Å². The molecule has 0 amide bonds. The summed E-state index contributed by atoms with van der Waals surface area (Å²) in [5.74, 6) is 5.96. The second-order valence-electron chi connectivity index (χ2n) is 3.04. The first kappa shape index (κ1) is 9.07. The molecule has 0 fully saturated rings. The Morgan fingerprint density at radius 1 is 1.42 bits per heavy atom. The molecule has 0 aliphatic carbocycles. The van der Waals surface area contributed by atoms with Gasteiger partial charge in [-0.3, -0.25) is 5.84 Å². The predicted molar refractivity (Wildman–Crippen MR) is 53.0 cm³/mol. The Balaban J connectivity index is 2.96. The second-order valence-corrected chi connectivity index (χ2v) is 3.04. The minimum atomic E-state index is 0.567. The number of nitrogens with two attached hydrogens (primary N) is 1. The number of nitrogens with one attached hydrogen (secondary N) is 1. The fourth-order valence-electron chi connectivity index (χ4n) is 1.28. The summed E-state index contributed by atoms with van der Waals surface area (Å²) in [6.07, 6.45) is 1.14. The van der Waals surface area contributed by atoms with Crippen molar-refractivity contribution in [2.24, 2.45) is 5.84 Å². The van der Waals surface area contributed by atoms with Crippen LogP contribution in [0.2, 0.25) is 0 Å². The summed E-state index contributed by atoms with van der Waals surface area (Å²) < 4.78 is 0. The van der Waals surface area contributed by atoms with Gasteiger partial charge >= 0.3 is 0 Å². The molecule has 1 atom stereocenters. The largest absolute Gasteiger partial charge is 0.324 e. The molecule has 66 valence electrons. The van der Waals surface area contributed by atoms with E-state index in [1.165, 1.54) is 5.56 Å². The summed E-state index contributed by atoms with van der Waals surface area (Å²) in [5.41, 5.74) is 5.04. The molecule has 1 rings (SSSR count). The van der Waals surface area contributed by atoms with Gasteiger partial charge in [-0.15, -0.1) is 0 Å². The van der Waals surface area contributed by atoms with Crippen LogP contribution in [0.5, 0.6) is 0 Å². The molecule has 0 unspecified atom stereocenters. The maximum atomic E-state index is 5.39. The highest BCUT2D eigenvalue weighted by atomic mass is 15.2. The van der Waals surface area contributed by atoms with Gasteiger partial charge in [0.25, 0.3) is 0 Å². The molecule has 12 heavy (non-hydrogen) atoms. The van der Waals surface area contributed by atoms with E-state index < -0.39 is 0 Å². The lowest BCUT2D eigenvalue weighted by Gasteiger charge is -2.13. The van der Waals surface area contributed by atoms with Crippen LogP contribution < -0.4 is 11.3 Å². The zero-order chi connectivity index (χ0) is 8.97. The van der Waals surface area contributed by atoms with Gasteiger partial charge < -0.3 is 5.43 Å². The quantitative estimate of drug-likeness (QED) is 0.532. The first-order chi connectivity index (χ1) is 5.79. The van der Waals surface area contributed by atoms with Gasteiger partial charge in [-0.1, -0.05) is 32.0 Å². The summed E-state index contributed by atoms with van der Waals surface area (Å²) in [7, 11) is 0. The summed E-state index contributed by atoms with van der Waals surface area (Å²) in [6.45, 7) is 4.38. The van der Waals surface area contributed by atoms with Crippen LogP contribution in [-0.2, 0) is 0 Å². The number of rotatable bonds is 3. The highest BCUT2D eigenvalue weighted by Gasteiger charge is 2.06. The van der Waals surface area contributed by atoms with Crippen LogP contribution in [0.4, 0.5) is 5.69 Å². The van der Waals surface area contributed by atoms with Crippen molar-refractivity contribution in [2.45, 2.75) is 26.2 Å². The smallest absolute Gasteiger partial charge is 0.0519 e. The van der Waals surface area contributed by atoms with Crippen molar-refractivity contribution in [1.29, 1.82) is 0 Å². The molecule has 0 bridgehead atoms. The number of benzene rings is 1. The highest BCUT2D eigenvalue weighted by Crippen LogP contribution is 2.25. The van der Waals surface area contributed by atoms with Gasteiger partial charge in [-0.2, -0.15) is 0 Å². The number of nitrogen functional groups attached to an aromatic ring is 1. The third-order valence-corrected chi connectivity index (χ3v) is 2.26. The van der Waals surface area contributed by atoms with Crippen molar-refractivity contribution in [3.05, 3.63) is 29.8 Å². The van der Waals surface area contributed by atoms with E-state index in [9.17, 15) is 0 Å². The molecule has 0 saturated heterocycles. The van der Waals surface area contributed by atoms with Crippen LogP contribution in [-0.4, -0.2) is 0 Å². The van der Waals surface area contributed by atoms with E-state index in [1.807, 2.05) is 18.2 Å². The maximum Gasteiger partial charge on any atom is 0.0519 e. The summed E-state index contributed by atoms with van der Waals surface area (Å²) in [5, 5.41) is 0. The third-order valence-electron chi connectivity index (χ3n) is 2.26. The molecular formula is C10H16N2. The maximum absolute atomic E-state index is 5.39. The van der Waals surface area contributed by atoms with E-state index in [4.69, 9.17) is 5.84 Å². The zero-order valence-corrected chi connectivity index (χ0v) is 7.67. The summed E-state index contributed by atoms with van der Waals surface area (Å²) in [6, 6.07) is 8.15. The van der Waals surface area contributed by atoms with Gasteiger partial charge in [0.15, 0.2) is 0 Å². The fourth-order valence-corrected chi connectivity index (χ4v) is 1.28. The molecule has 0 spiro atoms. The van der Waals surface area contributed by atoms with Crippen molar-refractivity contribution >= 4 is 5.69 Å². The minimum absolute atomic E-state index is 0.567. The molecule has 0 heterocycles. The van der Waals surface area contributed by atoms with E-state index in [-0.39, 0.29) is 0 Å². The number of hydrogen-bond acceptors (Lipinski definition) is 2. The van der Waals surface area contributed by atoms with Crippen LogP contribution in [0.15, 0.2) is 24.3 Å². The van der Waals surface area contributed by atoms with Crippen molar-refractivity contribution in [3.8, 4) is 0 Å². The van der Waals surface area contributed by atoms with Gasteiger partial charge in [0.05, 0.1) is 5.69 Å². The lowest BCUT2D eigenvalue weighted by molar-refractivity contribution is 0.734. The van der Waals surface area contributed by atoms with Crippen molar-refractivity contribution in [1.82, 2.24) is 0 Å². The number of hydrazine groups is 1. The molecule has 0 aliphatic heterocycles. The van der Waals surface area contributed by atoms with Crippen molar-refractivity contribution < 1.29 is 0 Å². The Morgan fingerprint density at radius 2 is 2.08 bits per heavy atom. The fraction of sp³-hybridized carbons (Fsp3) is 0.400. The van der Waals surface area contributed by atoms with E-state index in [2.05, 4.69) is 25.3 Å². The highest BCUT2D eigenvalue weighted by molar-refractivity contribution is 5.51. The van der Waals surface area contributed by atoms with E-state index in [0.717, 1.165) is 12.1 Å². The average Bonchev–Trinajstić information content (AvgIpc) is 2.16. The second kappa shape index (κ2) is 4.12. The van der Waals surface area contributed by atoms with E-state index in [0.29, 0.717) is 5.92 Å². The Kier molecular flexibility index (Phi) is 3.11. The normalized spacial score (nSPS) is 12.6. The summed E-state index contributed by atoms with van der Waals surface area (Å²) >= 11 is 0. The molecular weight excluding hydrogens is 148 g/mol. The molecule has 0 aromatic heterocycles. The Hall–Kier alpha value is -1.02. The molecule has 3 N–H and O–H groups in total. The van der Waals surface area contributed by atoms with Crippen LogP contribution in [0.1, 0.15) is 31.7 Å². The monoisotopic (exact) mass is 164 g/mol.